The van der Waals surface area contributed by atoms with Crippen molar-refractivity contribution < 1.29 is 19.5 Å². The zero-order valence-electron chi connectivity index (χ0n) is 18.1. The van der Waals surface area contributed by atoms with Crippen molar-refractivity contribution in [2.24, 2.45) is 0 Å². The fourth-order valence-corrected chi connectivity index (χ4v) is 3.87. The molecule has 3 aromatic rings. The Bertz CT molecular complexity index is 949. The number of nitrogens with one attached hydrogen (secondary N) is 1. The minimum absolute atomic E-state index is 0. The summed E-state index contributed by atoms with van der Waals surface area (Å²) in [7, 11) is 1.34. The largest absolute Gasteiger partial charge is 0.520 e. The number of carbonyl (C=O) groups excluding carboxylic acids is 2. The first kappa shape index (κ1) is 24.3. The Morgan fingerprint density at radius 1 is 0.879 bits per heavy atom. The molecule has 3 aromatic carbocycles. The third-order valence-corrected chi connectivity index (χ3v) is 5.49. The quantitative estimate of drug-likeness (QED) is 0.195. The molecule has 0 unspecified atom stereocenters. The van der Waals surface area contributed by atoms with E-state index in [1.54, 1.807) is 6.41 Å². The van der Waals surface area contributed by atoms with Crippen LogP contribution in [0.3, 0.4) is 0 Å². The van der Waals surface area contributed by atoms with Crippen LogP contribution in [-0.4, -0.2) is 41.4 Å². The summed E-state index contributed by atoms with van der Waals surface area (Å²) < 4.78 is 0. The SMILES string of the molecule is CN([C-]=O)[C@@H](CCC(=O)NC(c1ccccc1)(c1ccccc1)c1ccccc1)C(=O)O.[Fm]. The number of benzene rings is 3. The Morgan fingerprint density at radius 3 is 1.61 bits per heavy atom. The minimum Gasteiger partial charge on any atom is -0.520 e. The summed E-state index contributed by atoms with van der Waals surface area (Å²) in [4.78, 5) is 36.6. The number of amides is 2. The second kappa shape index (κ2) is 10.9. The number of rotatable bonds is 10. The smallest absolute Gasteiger partial charge is 0.323 e. The van der Waals surface area contributed by atoms with E-state index in [0.717, 1.165) is 21.6 Å². The van der Waals surface area contributed by atoms with Gasteiger partial charge in [0, 0.05) is 6.42 Å². The average molecular weight is 686 g/mol. The van der Waals surface area contributed by atoms with Crippen LogP contribution in [0, 0.1) is 0 Å². The van der Waals surface area contributed by atoms with E-state index in [4.69, 9.17) is 0 Å². The van der Waals surface area contributed by atoms with Crippen LogP contribution in [0.15, 0.2) is 91.0 Å². The van der Waals surface area contributed by atoms with Gasteiger partial charge in [0.1, 0.15) is 5.54 Å². The van der Waals surface area contributed by atoms with Crippen molar-refractivity contribution in [1.29, 1.82) is 0 Å². The molecule has 6 nitrogen and oxygen atoms in total. The maximum atomic E-state index is 13.2. The molecule has 0 spiro atoms. The zero-order valence-corrected chi connectivity index (χ0v) is 20.5. The molecule has 33 heavy (non-hydrogen) atoms. The molecule has 7 heteroatoms. The van der Waals surface area contributed by atoms with E-state index in [1.807, 2.05) is 91.0 Å². The first-order valence-electron chi connectivity index (χ1n) is 10.3. The van der Waals surface area contributed by atoms with Gasteiger partial charge < -0.3 is 20.1 Å². The van der Waals surface area contributed by atoms with Gasteiger partial charge in [-0.05, 0) is 30.2 Å². The van der Waals surface area contributed by atoms with Crippen molar-refractivity contribution in [3.8, 4) is 0 Å². The second-order valence-electron chi connectivity index (χ2n) is 7.49. The molecule has 2 N–H and O–H groups in total. The van der Waals surface area contributed by atoms with Crippen molar-refractivity contribution in [3.05, 3.63) is 108 Å². The van der Waals surface area contributed by atoms with E-state index in [0.29, 0.717) is 0 Å². The van der Waals surface area contributed by atoms with Gasteiger partial charge in [-0.15, -0.1) is 0 Å². The normalized spacial score (nSPS) is 11.5. The molecule has 2 amide bonds. The number of nitrogens with zero attached hydrogens (tertiary/aromatic N) is 1. The number of hydrogen-bond acceptors (Lipinski definition) is 3. The Kier molecular flexibility index (Phi) is 8.05. The van der Waals surface area contributed by atoms with Crippen molar-refractivity contribution in [2.75, 3.05) is 7.05 Å². The van der Waals surface area contributed by atoms with E-state index in [1.165, 1.54) is 7.05 Å². The fraction of sp³-hybridized carbons (Fsp3) is 0.192. The van der Waals surface area contributed by atoms with Gasteiger partial charge in [0.2, 0.25) is 5.91 Å². The summed E-state index contributed by atoms with van der Waals surface area (Å²) in [5.41, 5.74) is 1.65. The molecule has 0 aliphatic heterocycles. The van der Waals surface area contributed by atoms with Gasteiger partial charge in [-0.3, -0.25) is 9.59 Å². The van der Waals surface area contributed by atoms with Gasteiger partial charge in [0.15, 0.2) is 0 Å². The Balaban J connectivity index is 0.00000385. The van der Waals surface area contributed by atoms with Gasteiger partial charge in [-0.25, -0.2) is 0 Å². The van der Waals surface area contributed by atoms with E-state index in [2.05, 4.69) is 5.32 Å². The van der Waals surface area contributed by atoms with Crippen molar-refractivity contribution in [3.63, 3.8) is 0 Å². The molecule has 1 atom stereocenters. The van der Waals surface area contributed by atoms with Crippen LogP contribution >= 0.6 is 0 Å². The number of hydrogen-bond donors (Lipinski definition) is 2. The molecule has 3 rings (SSSR count). The molecule has 0 aliphatic carbocycles. The summed E-state index contributed by atoms with van der Waals surface area (Å²) in [5.74, 6) is -1.50. The van der Waals surface area contributed by atoms with Crippen LogP contribution in [0.4, 0.5) is 0 Å². The number of carboxylic acid groups (broad SMARTS) is 1. The molecule has 0 saturated carbocycles. The van der Waals surface area contributed by atoms with Gasteiger partial charge in [0.05, 0.1) is 6.04 Å². The summed E-state index contributed by atoms with van der Waals surface area (Å²) in [5, 5.41) is 12.6. The van der Waals surface area contributed by atoms with Crippen LogP contribution in [0.2, 0.25) is 0 Å². The first-order chi connectivity index (χ1) is 15.5. The molecular weight excluding hydrogens is 661 g/mol. The summed E-state index contributed by atoms with van der Waals surface area (Å²) in [6.07, 6.45) is 1.47. The first-order valence-corrected chi connectivity index (χ1v) is 10.3. The van der Waals surface area contributed by atoms with E-state index in [9.17, 15) is 19.5 Å². The zero-order chi connectivity index (χ0) is 23.0. The van der Waals surface area contributed by atoms with E-state index >= 15 is 0 Å². The van der Waals surface area contributed by atoms with Crippen molar-refractivity contribution in [1.82, 2.24) is 10.2 Å². The molecular formula is C26H25FmN2O4-. The monoisotopic (exact) mass is 686 g/mol. The van der Waals surface area contributed by atoms with Gasteiger partial charge >= 0.3 is 5.97 Å². The molecule has 0 bridgehead atoms. The Labute approximate surface area is 187 Å². The van der Waals surface area contributed by atoms with Crippen molar-refractivity contribution in [2.45, 2.75) is 24.4 Å². The molecule has 0 aromatic heterocycles. The van der Waals surface area contributed by atoms with Gasteiger partial charge in [-0.1, -0.05) is 91.0 Å². The number of carboxylic acids is 1. The number of likely N-dealkylation sites (N-methyl/N-ethyl adjacent to an activating group) is 1. The minimum atomic E-state index is -1.18. The molecule has 0 fully saturated rings. The third-order valence-electron chi connectivity index (χ3n) is 5.49. The third kappa shape index (κ3) is 5.22. The van der Waals surface area contributed by atoms with Crippen LogP contribution in [0.1, 0.15) is 29.5 Å². The van der Waals surface area contributed by atoms with Crippen LogP contribution < -0.4 is 5.32 Å². The van der Waals surface area contributed by atoms with Gasteiger partial charge in [0.25, 0.3) is 0 Å². The van der Waals surface area contributed by atoms with Crippen LogP contribution in [0.5, 0.6) is 0 Å². The van der Waals surface area contributed by atoms with Crippen LogP contribution in [-0.2, 0) is 19.9 Å². The molecule has 0 radical (unpaired) electrons. The van der Waals surface area contributed by atoms with Gasteiger partial charge in [-0.2, -0.15) is 6.41 Å². The summed E-state index contributed by atoms with van der Waals surface area (Å²) >= 11 is 0. The Morgan fingerprint density at radius 2 is 1.27 bits per heavy atom. The predicted molar refractivity (Wildman–Crippen MR) is 121 cm³/mol. The number of carbonyl (C=O) groups is 2. The average Bonchev–Trinajstić information content (AvgIpc) is 2.84. The standard InChI is InChI=1S/C26H25N2O4.Fm/c1-28(19-29)23(25(31)32)17-18-24(30)27-26(20-11-5-2-6-12-20,21-13-7-3-8-14-21)22-15-9-4-10-16-22;/h2-16,23H,17-18H2,1H3,(H,27,30)(H,31,32);/q-1;/t23-;/m0./s1. The number of aliphatic carboxylic acids is 1. The predicted octanol–water partition coefficient (Wildman–Crippen LogP) is 3.33. The van der Waals surface area contributed by atoms with Crippen molar-refractivity contribution >= 4 is 18.3 Å². The Hall–Kier alpha value is -4.93. The maximum absolute atomic E-state index is 13.2. The summed E-state index contributed by atoms with van der Waals surface area (Å²) in [6.45, 7) is 0. The maximum Gasteiger partial charge on any atom is 0.323 e. The molecule has 0 aliphatic rings. The fourth-order valence-electron chi connectivity index (χ4n) is 3.87. The van der Waals surface area contributed by atoms with E-state index < -0.39 is 17.6 Å². The van der Waals surface area contributed by atoms with Crippen LogP contribution in [0.25, 0.3) is 0 Å². The second-order valence-corrected chi connectivity index (χ2v) is 7.49. The molecule has 176 valence electrons. The molecule has 0 saturated heterocycles. The summed E-state index contributed by atoms with van der Waals surface area (Å²) in [6, 6.07) is 27.8. The molecule has 0 heterocycles. The topological polar surface area (TPSA) is 86.7 Å². The van der Waals surface area contributed by atoms with E-state index in [-0.39, 0.29) is 18.7 Å².